The van der Waals surface area contributed by atoms with Gasteiger partial charge in [-0.05, 0) is 55.8 Å². The Morgan fingerprint density at radius 1 is 1.24 bits per heavy atom. The molecular weight excluding hydrogens is 347 g/mol. The van der Waals surface area contributed by atoms with Gasteiger partial charge >= 0.3 is 0 Å². The van der Waals surface area contributed by atoms with Crippen LogP contribution in [0.5, 0.6) is 0 Å². The van der Waals surface area contributed by atoms with E-state index in [1.165, 1.54) is 49.4 Å². The van der Waals surface area contributed by atoms with Crippen LogP contribution in [0.1, 0.15) is 22.8 Å². The van der Waals surface area contributed by atoms with Crippen molar-refractivity contribution in [3.05, 3.63) is 59.4 Å². The summed E-state index contributed by atoms with van der Waals surface area (Å²) in [6.07, 6.45) is 0. The van der Waals surface area contributed by atoms with Crippen molar-refractivity contribution in [2.24, 2.45) is 0 Å². The van der Waals surface area contributed by atoms with Crippen molar-refractivity contribution >= 4 is 21.6 Å². The van der Waals surface area contributed by atoms with Gasteiger partial charge in [0.2, 0.25) is 10.0 Å². The Labute approximate surface area is 145 Å². The van der Waals surface area contributed by atoms with E-state index in [0.717, 1.165) is 0 Å². The number of carbonyl (C=O) groups is 1. The number of halogens is 1. The van der Waals surface area contributed by atoms with Gasteiger partial charge in [-0.3, -0.25) is 4.79 Å². The highest BCUT2D eigenvalue weighted by molar-refractivity contribution is 7.89. The van der Waals surface area contributed by atoms with E-state index in [-0.39, 0.29) is 22.9 Å². The van der Waals surface area contributed by atoms with Crippen molar-refractivity contribution in [3.8, 4) is 0 Å². The Morgan fingerprint density at radius 2 is 1.96 bits per heavy atom. The minimum Gasteiger partial charge on any atom is -0.395 e. The number of rotatable bonds is 6. The van der Waals surface area contributed by atoms with Crippen LogP contribution < -0.4 is 10.0 Å². The summed E-state index contributed by atoms with van der Waals surface area (Å²) in [7, 11) is -3.85. The Hall–Kier alpha value is -2.29. The molecule has 2 rings (SSSR count). The molecule has 1 unspecified atom stereocenters. The molecule has 0 aromatic heterocycles. The lowest BCUT2D eigenvalue weighted by atomic mass is 10.2. The van der Waals surface area contributed by atoms with Gasteiger partial charge in [-0.1, -0.05) is 6.07 Å². The van der Waals surface area contributed by atoms with Gasteiger partial charge in [-0.15, -0.1) is 0 Å². The highest BCUT2D eigenvalue weighted by Gasteiger charge is 2.18. The van der Waals surface area contributed by atoms with Crippen molar-refractivity contribution < 1.29 is 22.7 Å². The van der Waals surface area contributed by atoms with Gasteiger partial charge in [-0.25, -0.2) is 17.5 Å². The predicted molar refractivity (Wildman–Crippen MR) is 92.4 cm³/mol. The fourth-order valence-corrected chi connectivity index (χ4v) is 3.38. The van der Waals surface area contributed by atoms with Crippen LogP contribution in [-0.4, -0.2) is 32.1 Å². The van der Waals surface area contributed by atoms with Gasteiger partial charge in [0, 0.05) is 17.3 Å². The molecule has 2 aromatic carbocycles. The van der Waals surface area contributed by atoms with Gasteiger partial charge < -0.3 is 10.4 Å². The SMILES string of the molecule is Cc1cc(NC(=O)c2cccc(S(=O)(=O)NC(C)CO)c2)ccc1F. The van der Waals surface area contributed by atoms with E-state index in [9.17, 15) is 17.6 Å². The van der Waals surface area contributed by atoms with Gasteiger partial charge in [0.15, 0.2) is 0 Å². The molecule has 0 fully saturated rings. The fraction of sp³-hybridized carbons (Fsp3) is 0.235. The first-order valence-electron chi connectivity index (χ1n) is 7.53. The Morgan fingerprint density at radius 3 is 2.60 bits per heavy atom. The number of nitrogens with one attached hydrogen (secondary N) is 2. The van der Waals surface area contributed by atoms with Gasteiger partial charge in [0.1, 0.15) is 5.82 Å². The number of aliphatic hydroxyl groups excluding tert-OH is 1. The van der Waals surface area contributed by atoms with Crippen LogP contribution in [0.15, 0.2) is 47.4 Å². The molecule has 0 saturated carbocycles. The first-order chi connectivity index (χ1) is 11.7. The average Bonchev–Trinajstić information content (AvgIpc) is 2.57. The molecule has 0 spiro atoms. The number of amides is 1. The zero-order valence-electron chi connectivity index (χ0n) is 13.8. The third-order valence-electron chi connectivity index (χ3n) is 3.45. The Bertz CT molecular complexity index is 884. The molecule has 0 aliphatic rings. The summed E-state index contributed by atoms with van der Waals surface area (Å²) in [5.74, 6) is -0.895. The number of aryl methyl sites for hydroxylation is 1. The second-order valence-electron chi connectivity index (χ2n) is 5.65. The highest BCUT2D eigenvalue weighted by Crippen LogP contribution is 2.17. The van der Waals surface area contributed by atoms with Crippen LogP contribution in [0.25, 0.3) is 0 Å². The summed E-state index contributed by atoms with van der Waals surface area (Å²) in [4.78, 5) is 12.2. The van der Waals surface area contributed by atoms with E-state index in [1.807, 2.05) is 0 Å². The molecule has 0 radical (unpaired) electrons. The van der Waals surface area contributed by atoms with Crippen LogP contribution >= 0.6 is 0 Å². The first-order valence-corrected chi connectivity index (χ1v) is 9.02. The molecule has 8 heteroatoms. The van der Waals surface area contributed by atoms with E-state index in [1.54, 1.807) is 6.92 Å². The number of hydrogen-bond donors (Lipinski definition) is 3. The molecule has 0 heterocycles. The summed E-state index contributed by atoms with van der Waals surface area (Å²) >= 11 is 0. The van der Waals surface area contributed by atoms with Crippen LogP contribution in [0, 0.1) is 12.7 Å². The van der Waals surface area contributed by atoms with Gasteiger partial charge in [0.05, 0.1) is 11.5 Å². The Balaban J connectivity index is 2.22. The fourth-order valence-electron chi connectivity index (χ4n) is 2.10. The number of aliphatic hydroxyl groups is 1. The summed E-state index contributed by atoms with van der Waals surface area (Å²) in [6, 6.07) is 9.01. The monoisotopic (exact) mass is 366 g/mol. The second kappa shape index (κ2) is 7.73. The molecule has 0 bridgehead atoms. The summed E-state index contributed by atoms with van der Waals surface area (Å²) in [5.41, 5.74) is 0.932. The zero-order valence-corrected chi connectivity index (χ0v) is 14.6. The lowest BCUT2D eigenvalue weighted by Crippen LogP contribution is -2.35. The maximum Gasteiger partial charge on any atom is 0.255 e. The molecule has 0 saturated heterocycles. The molecule has 1 amide bonds. The normalized spacial score (nSPS) is 12.6. The summed E-state index contributed by atoms with van der Waals surface area (Å²) in [6.45, 7) is 2.75. The molecule has 134 valence electrons. The zero-order chi connectivity index (χ0) is 18.6. The highest BCUT2D eigenvalue weighted by atomic mass is 32.2. The van der Waals surface area contributed by atoms with Crippen LogP contribution in [0.4, 0.5) is 10.1 Å². The predicted octanol–water partition coefficient (Wildman–Crippen LogP) is 2.05. The summed E-state index contributed by atoms with van der Waals surface area (Å²) in [5, 5.41) is 11.6. The van der Waals surface area contributed by atoms with Gasteiger partial charge in [-0.2, -0.15) is 0 Å². The molecular formula is C17H19FN2O4S. The van der Waals surface area contributed by atoms with Crippen LogP contribution in [0.2, 0.25) is 0 Å². The summed E-state index contributed by atoms with van der Waals surface area (Å²) < 4.78 is 40.0. The van der Waals surface area contributed by atoms with Crippen molar-refractivity contribution in [3.63, 3.8) is 0 Å². The van der Waals surface area contributed by atoms with Crippen LogP contribution in [0.3, 0.4) is 0 Å². The number of hydrogen-bond acceptors (Lipinski definition) is 4. The van der Waals surface area contributed by atoms with Crippen molar-refractivity contribution in [1.82, 2.24) is 4.72 Å². The van der Waals surface area contributed by atoms with Crippen molar-refractivity contribution in [2.45, 2.75) is 24.8 Å². The maximum absolute atomic E-state index is 13.3. The van der Waals surface area contributed by atoms with E-state index < -0.39 is 22.0 Å². The molecule has 3 N–H and O–H groups in total. The number of sulfonamides is 1. The lowest BCUT2D eigenvalue weighted by molar-refractivity contribution is 0.102. The molecule has 25 heavy (non-hydrogen) atoms. The number of carbonyl (C=O) groups excluding carboxylic acids is 1. The third kappa shape index (κ3) is 4.85. The van der Waals surface area contributed by atoms with Crippen molar-refractivity contribution in [1.29, 1.82) is 0 Å². The first kappa shape index (κ1) is 19.0. The topological polar surface area (TPSA) is 95.5 Å². The van der Waals surface area contributed by atoms with E-state index in [2.05, 4.69) is 10.0 Å². The lowest BCUT2D eigenvalue weighted by Gasteiger charge is -2.12. The number of benzene rings is 2. The standard InChI is InChI=1S/C17H19FN2O4S/c1-11-8-14(6-7-16(11)18)19-17(22)13-4-3-5-15(9-13)25(23,24)20-12(2)10-21/h3-9,12,20-21H,10H2,1-2H3,(H,19,22). The average molecular weight is 366 g/mol. The second-order valence-corrected chi connectivity index (χ2v) is 7.36. The molecule has 1 atom stereocenters. The third-order valence-corrected chi connectivity index (χ3v) is 5.04. The van der Waals surface area contributed by atoms with Crippen molar-refractivity contribution in [2.75, 3.05) is 11.9 Å². The smallest absolute Gasteiger partial charge is 0.255 e. The molecule has 0 aliphatic heterocycles. The number of anilines is 1. The quantitative estimate of drug-likeness (QED) is 0.729. The maximum atomic E-state index is 13.3. The Kier molecular flexibility index (Phi) is 5.89. The van der Waals surface area contributed by atoms with Gasteiger partial charge in [0.25, 0.3) is 5.91 Å². The largest absolute Gasteiger partial charge is 0.395 e. The molecule has 0 aliphatic carbocycles. The van der Waals surface area contributed by atoms with E-state index in [0.29, 0.717) is 11.3 Å². The molecule has 6 nitrogen and oxygen atoms in total. The minimum absolute atomic E-state index is 0.0873. The minimum atomic E-state index is -3.85. The molecule has 2 aromatic rings. The van der Waals surface area contributed by atoms with E-state index in [4.69, 9.17) is 5.11 Å². The van der Waals surface area contributed by atoms with Crippen LogP contribution in [-0.2, 0) is 10.0 Å². The van der Waals surface area contributed by atoms with E-state index >= 15 is 0 Å².